The average Bonchev–Trinajstić information content (AvgIpc) is 2.45. The second-order valence-corrected chi connectivity index (χ2v) is 7.10. The Bertz CT molecular complexity index is 579. The molecule has 7 nitrogen and oxygen atoms in total. The van der Waals surface area contributed by atoms with Crippen LogP contribution in [0.3, 0.4) is 0 Å². The molecule has 0 saturated heterocycles. The van der Waals surface area contributed by atoms with Crippen molar-refractivity contribution in [2.45, 2.75) is 18.8 Å². The van der Waals surface area contributed by atoms with Crippen molar-refractivity contribution in [3.05, 3.63) is 39.9 Å². The standard InChI is InChI=1S/C12H15N2O5PS/c1-3-18-20(17,19-4-2)12(21-9-13)10-7-5-6-8-11(10)14(15)16/h5-8,12H,3-4H2,1-2H3. The molecule has 0 radical (unpaired) electrons. The van der Waals surface area contributed by atoms with Gasteiger partial charge in [-0.3, -0.25) is 14.7 Å². The zero-order valence-electron chi connectivity index (χ0n) is 11.6. The molecule has 0 bridgehead atoms. The van der Waals surface area contributed by atoms with Crippen LogP contribution in [0.25, 0.3) is 0 Å². The quantitative estimate of drug-likeness (QED) is 0.306. The van der Waals surface area contributed by atoms with E-state index in [1.54, 1.807) is 19.9 Å². The maximum Gasteiger partial charge on any atom is 0.349 e. The van der Waals surface area contributed by atoms with Gasteiger partial charge in [0.2, 0.25) is 0 Å². The molecule has 9 heteroatoms. The highest BCUT2D eigenvalue weighted by molar-refractivity contribution is 8.08. The molecule has 0 aliphatic heterocycles. The van der Waals surface area contributed by atoms with Crippen molar-refractivity contribution < 1.29 is 18.5 Å². The largest absolute Gasteiger partial charge is 0.349 e. The first-order valence-corrected chi connectivity index (χ1v) is 8.66. The smallest absolute Gasteiger partial charge is 0.308 e. The summed E-state index contributed by atoms with van der Waals surface area (Å²) < 4.78 is 23.3. The highest BCUT2D eigenvalue weighted by Crippen LogP contribution is 2.66. The molecule has 1 unspecified atom stereocenters. The van der Waals surface area contributed by atoms with Crippen LogP contribution >= 0.6 is 19.4 Å². The van der Waals surface area contributed by atoms with E-state index in [-0.39, 0.29) is 24.5 Å². The van der Waals surface area contributed by atoms with Crippen LogP contribution in [-0.4, -0.2) is 18.1 Å². The number of benzene rings is 1. The third-order valence-corrected chi connectivity index (χ3v) is 6.23. The van der Waals surface area contributed by atoms with Crippen molar-refractivity contribution in [3.8, 4) is 5.40 Å². The SMILES string of the molecule is CCOP(=O)(OCC)C(SC#N)c1ccccc1[N+](=O)[O-]. The van der Waals surface area contributed by atoms with Gasteiger partial charge < -0.3 is 9.05 Å². The molecule has 114 valence electrons. The zero-order chi connectivity index (χ0) is 15.9. The van der Waals surface area contributed by atoms with Crippen LogP contribution in [-0.2, 0) is 13.6 Å². The Hall–Kier alpha value is -1.39. The van der Waals surface area contributed by atoms with Crippen LogP contribution < -0.4 is 0 Å². The Labute approximate surface area is 126 Å². The Morgan fingerprint density at radius 1 is 1.38 bits per heavy atom. The van der Waals surface area contributed by atoms with Gasteiger partial charge in [-0.15, -0.1) is 0 Å². The van der Waals surface area contributed by atoms with Gasteiger partial charge in [0.05, 0.1) is 23.7 Å². The number of para-hydroxylation sites is 1. The molecule has 1 atom stereocenters. The minimum atomic E-state index is -3.70. The van der Waals surface area contributed by atoms with Gasteiger partial charge in [-0.2, -0.15) is 5.26 Å². The van der Waals surface area contributed by atoms with E-state index in [1.807, 2.05) is 5.40 Å². The fourth-order valence-electron chi connectivity index (χ4n) is 1.74. The van der Waals surface area contributed by atoms with Gasteiger partial charge in [0.15, 0.2) is 4.99 Å². The number of thiocyanates is 1. The number of thioether (sulfide) groups is 1. The van der Waals surface area contributed by atoms with E-state index in [9.17, 15) is 14.7 Å². The molecule has 0 amide bonds. The molecule has 21 heavy (non-hydrogen) atoms. The zero-order valence-corrected chi connectivity index (χ0v) is 13.3. The summed E-state index contributed by atoms with van der Waals surface area (Å²) in [5, 5.41) is 21.9. The van der Waals surface area contributed by atoms with Crippen molar-refractivity contribution in [3.63, 3.8) is 0 Å². The molecule has 0 fully saturated rings. The molecule has 0 aromatic heterocycles. The summed E-state index contributed by atoms with van der Waals surface area (Å²) in [7, 11) is -3.70. The molecule has 0 heterocycles. The molecule has 0 aliphatic rings. The van der Waals surface area contributed by atoms with Crippen LogP contribution in [0.5, 0.6) is 0 Å². The molecule has 1 aromatic rings. The average molecular weight is 330 g/mol. The van der Waals surface area contributed by atoms with E-state index in [4.69, 9.17) is 14.3 Å². The topological polar surface area (TPSA) is 102 Å². The minimum absolute atomic E-state index is 0.112. The van der Waals surface area contributed by atoms with Crippen molar-refractivity contribution in [1.29, 1.82) is 5.26 Å². The third-order valence-electron chi connectivity index (χ3n) is 2.47. The van der Waals surface area contributed by atoms with Crippen LogP contribution in [0.15, 0.2) is 24.3 Å². The predicted octanol–water partition coefficient (Wildman–Crippen LogP) is 4.07. The van der Waals surface area contributed by atoms with Crippen LogP contribution in [0, 0.1) is 20.8 Å². The number of nitrogens with zero attached hydrogens (tertiary/aromatic N) is 2. The lowest BCUT2D eigenvalue weighted by Gasteiger charge is -2.23. The second kappa shape index (κ2) is 8.15. The van der Waals surface area contributed by atoms with Gasteiger partial charge in [-0.1, -0.05) is 18.2 Å². The number of hydrogen-bond donors (Lipinski definition) is 0. The number of hydrogen-bond acceptors (Lipinski definition) is 7. The van der Waals surface area contributed by atoms with E-state index in [2.05, 4.69) is 0 Å². The van der Waals surface area contributed by atoms with Crippen LogP contribution in [0.1, 0.15) is 24.4 Å². The van der Waals surface area contributed by atoms with Crippen molar-refractivity contribution in [2.24, 2.45) is 0 Å². The predicted molar refractivity (Wildman–Crippen MR) is 79.9 cm³/mol. The Morgan fingerprint density at radius 3 is 2.43 bits per heavy atom. The lowest BCUT2D eigenvalue weighted by molar-refractivity contribution is -0.385. The first-order chi connectivity index (χ1) is 10.00. The van der Waals surface area contributed by atoms with Gasteiger partial charge in [-0.25, -0.2) is 0 Å². The number of nitro groups is 1. The van der Waals surface area contributed by atoms with E-state index < -0.39 is 17.5 Å². The molecular formula is C12H15N2O5PS. The summed E-state index contributed by atoms with van der Waals surface area (Å²) in [6.07, 6.45) is 0. The Kier molecular flexibility index (Phi) is 6.85. The summed E-state index contributed by atoms with van der Waals surface area (Å²) in [4.78, 5) is 9.47. The highest BCUT2D eigenvalue weighted by atomic mass is 32.2. The molecule has 0 saturated carbocycles. The van der Waals surface area contributed by atoms with Gasteiger partial charge in [-0.05, 0) is 25.6 Å². The minimum Gasteiger partial charge on any atom is -0.308 e. The molecule has 1 rings (SSSR count). The maximum absolute atomic E-state index is 12.8. The van der Waals surface area contributed by atoms with Crippen molar-refractivity contribution in [1.82, 2.24) is 0 Å². The van der Waals surface area contributed by atoms with Gasteiger partial charge in [0.1, 0.15) is 5.40 Å². The van der Waals surface area contributed by atoms with E-state index in [1.165, 1.54) is 18.2 Å². The number of rotatable bonds is 8. The fourth-order valence-corrected chi connectivity index (χ4v) is 4.82. The van der Waals surface area contributed by atoms with Crippen molar-refractivity contribution >= 4 is 25.0 Å². The molecular weight excluding hydrogens is 315 g/mol. The normalized spacial score (nSPS) is 12.6. The maximum atomic E-state index is 12.8. The van der Waals surface area contributed by atoms with Crippen LogP contribution in [0.4, 0.5) is 5.69 Å². The lowest BCUT2D eigenvalue weighted by Crippen LogP contribution is -2.06. The summed E-state index contributed by atoms with van der Waals surface area (Å²) in [6, 6.07) is 5.83. The molecule has 0 aliphatic carbocycles. The summed E-state index contributed by atoms with van der Waals surface area (Å²) in [5.41, 5.74) is -0.0656. The molecule has 0 N–H and O–H groups in total. The molecule has 0 spiro atoms. The summed E-state index contributed by atoms with van der Waals surface area (Å²) in [5.74, 6) is 0. The Balaban J connectivity index is 3.38. The number of nitro benzene ring substituents is 1. The van der Waals surface area contributed by atoms with Crippen molar-refractivity contribution in [2.75, 3.05) is 13.2 Å². The Morgan fingerprint density at radius 2 is 1.95 bits per heavy atom. The number of nitriles is 1. The molecule has 1 aromatic carbocycles. The van der Waals surface area contributed by atoms with Gasteiger partial charge in [0, 0.05) is 6.07 Å². The van der Waals surface area contributed by atoms with E-state index in [0.717, 1.165) is 0 Å². The summed E-state index contributed by atoms with van der Waals surface area (Å²) >= 11 is 0.636. The fraction of sp³-hybridized carbons (Fsp3) is 0.417. The lowest BCUT2D eigenvalue weighted by atomic mass is 10.2. The second-order valence-electron chi connectivity index (χ2n) is 3.75. The monoisotopic (exact) mass is 330 g/mol. The van der Waals surface area contributed by atoms with Crippen LogP contribution in [0.2, 0.25) is 0 Å². The van der Waals surface area contributed by atoms with E-state index >= 15 is 0 Å². The highest BCUT2D eigenvalue weighted by Gasteiger charge is 2.41. The third kappa shape index (κ3) is 4.29. The van der Waals surface area contributed by atoms with E-state index in [0.29, 0.717) is 11.8 Å². The first-order valence-electron chi connectivity index (χ1n) is 6.17. The van der Waals surface area contributed by atoms with Gasteiger partial charge >= 0.3 is 7.60 Å². The summed E-state index contributed by atoms with van der Waals surface area (Å²) in [6.45, 7) is 3.50. The first kappa shape index (κ1) is 17.7. The van der Waals surface area contributed by atoms with Gasteiger partial charge in [0.25, 0.3) is 5.69 Å².